The molecule has 1 aromatic rings. The van der Waals surface area contributed by atoms with E-state index in [2.05, 4.69) is 15.3 Å². The van der Waals surface area contributed by atoms with Crippen LogP contribution in [0.2, 0.25) is 0 Å². The van der Waals surface area contributed by atoms with Crippen molar-refractivity contribution in [3.05, 3.63) is 18.0 Å². The van der Waals surface area contributed by atoms with E-state index in [-0.39, 0.29) is 5.54 Å². The first-order valence-corrected chi connectivity index (χ1v) is 10.1. The second kappa shape index (κ2) is 9.78. The molecule has 0 aromatic carbocycles. The fourth-order valence-electron chi connectivity index (χ4n) is 4.09. The Kier molecular flexibility index (Phi) is 7.35. The van der Waals surface area contributed by atoms with Gasteiger partial charge in [0.2, 0.25) is 0 Å². The van der Waals surface area contributed by atoms with Gasteiger partial charge in [0.1, 0.15) is 6.54 Å². The number of ether oxygens (including phenoxy) is 2. The maximum Gasteiger partial charge on any atom is 0.435 e. The summed E-state index contributed by atoms with van der Waals surface area (Å²) in [5.41, 5.74) is -1.20. The van der Waals surface area contributed by atoms with Gasteiger partial charge in [-0.1, -0.05) is 19.3 Å². The van der Waals surface area contributed by atoms with Crippen LogP contribution < -0.4 is 5.32 Å². The van der Waals surface area contributed by atoms with Gasteiger partial charge in [-0.25, -0.2) is 0 Å². The second-order valence-electron chi connectivity index (χ2n) is 7.72. The largest absolute Gasteiger partial charge is 0.454 e. The molecular formula is C19H27F3N4O4. The number of halogens is 3. The molecule has 168 valence electrons. The number of carbonyl (C=O) groups is 2. The van der Waals surface area contributed by atoms with Crippen LogP contribution in [0.3, 0.4) is 0 Å². The van der Waals surface area contributed by atoms with Crippen molar-refractivity contribution in [3.8, 4) is 0 Å². The van der Waals surface area contributed by atoms with E-state index in [4.69, 9.17) is 9.47 Å². The van der Waals surface area contributed by atoms with E-state index in [1.54, 1.807) is 0 Å². The minimum absolute atomic E-state index is 0.106. The van der Waals surface area contributed by atoms with Crippen LogP contribution in [-0.2, 0) is 31.8 Å². The van der Waals surface area contributed by atoms with Gasteiger partial charge in [0.25, 0.3) is 5.91 Å². The van der Waals surface area contributed by atoms with Gasteiger partial charge in [-0.2, -0.15) is 18.3 Å². The van der Waals surface area contributed by atoms with Crippen molar-refractivity contribution < 1.29 is 32.2 Å². The quantitative estimate of drug-likeness (QED) is 0.659. The lowest BCUT2D eigenvalue weighted by Crippen LogP contribution is -2.59. The average Bonchev–Trinajstić information content (AvgIpc) is 3.21. The number of amides is 1. The highest BCUT2D eigenvalue weighted by molar-refractivity contribution is 5.80. The smallest absolute Gasteiger partial charge is 0.435 e. The van der Waals surface area contributed by atoms with Crippen molar-refractivity contribution in [2.75, 3.05) is 39.5 Å². The van der Waals surface area contributed by atoms with Gasteiger partial charge < -0.3 is 14.8 Å². The fourth-order valence-corrected chi connectivity index (χ4v) is 4.09. The molecule has 0 atom stereocenters. The van der Waals surface area contributed by atoms with E-state index < -0.39 is 36.9 Å². The summed E-state index contributed by atoms with van der Waals surface area (Å²) in [5, 5.41) is 6.15. The molecule has 0 spiro atoms. The van der Waals surface area contributed by atoms with Gasteiger partial charge in [-0.3, -0.25) is 19.2 Å². The minimum Gasteiger partial charge on any atom is -0.454 e. The van der Waals surface area contributed by atoms with Crippen LogP contribution in [0.25, 0.3) is 0 Å². The Morgan fingerprint density at radius 1 is 1.20 bits per heavy atom. The molecule has 0 bridgehead atoms. The van der Waals surface area contributed by atoms with Crippen LogP contribution in [0, 0.1) is 0 Å². The number of nitrogens with one attached hydrogen (secondary N) is 1. The Morgan fingerprint density at radius 2 is 1.90 bits per heavy atom. The van der Waals surface area contributed by atoms with Crippen molar-refractivity contribution in [2.45, 2.75) is 50.4 Å². The highest BCUT2D eigenvalue weighted by Crippen LogP contribution is 2.33. The molecule has 1 aliphatic carbocycles. The van der Waals surface area contributed by atoms with E-state index >= 15 is 0 Å². The summed E-state index contributed by atoms with van der Waals surface area (Å²) in [7, 11) is 0. The number of hydrogen-bond donors (Lipinski definition) is 1. The normalized spacial score (nSPS) is 20.0. The van der Waals surface area contributed by atoms with Gasteiger partial charge in [-0.05, 0) is 18.9 Å². The van der Waals surface area contributed by atoms with Gasteiger partial charge in [0, 0.05) is 31.4 Å². The summed E-state index contributed by atoms with van der Waals surface area (Å²) in [4.78, 5) is 26.4. The topological polar surface area (TPSA) is 85.7 Å². The fraction of sp³-hybridized carbons (Fsp3) is 0.737. The average molecular weight is 432 g/mol. The highest BCUT2D eigenvalue weighted by Gasteiger charge is 2.39. The molecule has 2 aliphatic rings. The third-order valence-corrected chi connectivity index (χ3v) is 5.67. The van der Waals surface area contributed by atoms with E-state index in [1.165, 1.54) is 6.42 Å². The first-order valence-electron chi connectivity index (χ1n) is 10.1. The standard InChI is InChI=1S/C19H27F3N4O4/c20-19(21,22)15-4-7-26(24-15)12-17(28)30-13-16(27)23-14-18(5-2-1-3-6-18)25-8-10-29-11-9-25/h4,7H,1-3,5-6,8-14H2,(H,23,27). The molecule has 30 heavy (non-hydrogen) atoms. The first-order chi connectivity index (χ1) is 14.3. The number of rotatable bonds is 7. The lowest BCUT2D eigenvalue weighted by Gasteiger charge is -2.48. The molecule has 1 aliphatic heterocycles. The number of nitrogens with zero attached hydrogens (tertiary/aromatic N) is 3. The molecule has 1 aromatic heterocycles. The minimum atomic E-state index is -4.58. The van der Waals surface area contributed by atoms with Crippen LogP contribution in [-0.4, -0.2) is 71.6 Å². The molecule has 3 rings (SSSR count). The molecule has 2 fully saturated rings. The van der Waals surface area contributed by atoms with Gasteiger partial charge >= 0.3 is 12.1 Å². The molecule has 1 saturated carbocycles. The summed E-state index contributed by atoms with van der Waals surface area (Å²) in [6.07, 6.45) is 1.84. The van der Waals surface area contributed by atoms with Crippen molar-refractivity contribution >= 4 is 11.9 Å². The predicted molar refractivity (Wildman–Crippen MR) is 99.4 cm³/mol. The van der Waals surface area contributed by atoms with E-state index in [1.807, 2.05) is 0 Å². The summed E-state index contributed by atoms with van der Waals surface area (Å²) < 4.78 is 48.8. The molecule has 1 saturated heterocycles. The number of hydrogen-bond acceptors (Lipinski definition) is 6. The van der Waals surface area contributed by atoms with Gasteiger partial charge in [0.15, 0.2) is 12.3 Å². The van der Waals surface area contributed by atoms with Gasteiger partial charge in [-0.15, -0.1) is 0 Å². The Morgan fingerprint density at radius 3 is 2.53 bits per heavy atom. The SMILES string of the molecule is O=C(COC(=O)Cn1ccc(C(F)(F)F)n1)NCC1(N2CCOCC2)CCCCC1. The summed E-state index contributed by atoms with van der Waals surface area (Å²) in [6.45, 7) is 2.50. The number of morpholine rings is 1. The Labute approximate surface area is 172 Å². The zero-order valence-electron chi connectivity index (χ0n) is 16.7. The van der Waals surface area contributed by atoms with Crippen LogP contribution in [0.1, 0.15) is 37.8 Å². The predicted octanol–water partition coefficient (Wildman–Crippen LogP) is 1.60. The lowest BCUT2D eigenvalue weighted by atomic mass is 9.79. The number of esters is 1. The summed E-state index contributed by atoms with van der Waals surface area (Å²) in [6, 6.07) is 0.773. The maximum atomic E-state index is 12.5. The molecule has 11 heteroatoms. The molecule has 1 amide bonds. The van der Waals surface area contributed by atoms with Gasteiger partial charge in [0.05, 0.1) is 13.2 Å². The van der Waals surface area contributed by atoms with E-state index in [0.29, 0.717) is 19.8 Å². The zero-order chi connectivity index (χ0) is 21.6. The second-order valence-corrected chi connectivity index (χ2v) is 7.72. The molecule has 8 nitrogen and oxygen atoms in total. The van der Waals surface area contributed by atoms with Crippen LogP contribution in [0.5, 0.6) is 0 Å². The van der Waals surface area contributed by atoms with Crippen LogP contribution in [0.4, 0.5) is 13.2 Å². The molecular weight excluding hydrogens is 405 g/mol. The van der Waals surface area contributed by atoms with Crippen LogP contribution in [0.15, 0.2) is 12.3 Å². The zero-order valence-corrected chi connectivity index (χ0v) is 16.7. The van der Waals surface area contributed by atoms with Crippen molar-refractivity contribution in [3.63, 3.8) is 0 Å². The molecule has 2 heterocycles. The first kappa shape index (κ1) is 22.5. The van der Waals surface area contributed by atoms with Crippen molar-refractivity contribution in [1.82, 2.24) is 20.0 Å². The Bertz CT molecular complexity index is 726. The number of aromatic nitrogens is 2. The Balaban J connectivity index is 1.45. The maximum absolute atomic E-state index is 12.5. The monoisotopic (exact) mass is 432 g/mol. The van der Waals surface area contributed by atoms with E-state index in [0.717, 1.165) is 55.7 Å². The summed E-state index contributed by atoms with van der Waals surface area (Å²) in [5.74, 6) is -1.26. The van der Waals surface area contributed by atoms with Crippen molar-refractivity contribution in [1.29, 1.82) is 0 Å². The molecule has 0 unspecified atom stereocenters. The summed E-state index contributed by atoms with van der Waals surface area (Å²) >= 11 is 0. The number of carbonyl (C=O) groups excluding carboxylic acids is 2. The van der Waals surface area contributed by atoms with Crippen LogP contribution >= 0.6 is 0 Å². The molecule has 0 radical (unpaired) electrons. The van der Waals surface area contributed by atoms with Crippen molar-refractivity contribution in [2.24, 2.45) is 0 Å². The number of alkyl halides is 3. The molecule has 1 N–H and O–H groups in total. The third kappa shape index (κ3) is 5.94. The third-order valence-electron chi connectivity index (χ3n) is 5.67. The highest BCUT2D eigenvalue weighted by atomic mass is 19.4. The Hall–Kier alpha value is -2.14. The lowest BCUT2D eigenvalue weighted by molar-refractivity contribution is -0.150. The van der Waals surface area contributed by atoms with E-state index in [9.17, 15) is 22.8 Å².